The molecule has 2 rings (SSSR count). The summed E-state index contributed by atoms with van der Waals surface area (Å²) in [5, 5.41) is 3.49. The fourth-order valence-corrected chi connectivity index (χ4v) is 1.92. The highest BCUT2D eigenvalue weighted by atomic mass is 16.2. The van der Waals surface area contributed by atoms with Crippen LogP contribution in [0.4, 0.5) is 4.79 Å². The first-order valence-electron chi connectivity index (χ1n) is 5.27. The van der Waals surface area contributed by atoms with Crippen molar-refractivity contribution in [2.75, 3.05) is 18.2 Å². The van der Waals surface area contributed by atoms with E-state index in [0.717, 1.165) is 25.9 Å². The second-order valence-electron chi connectivity index (χ2n) is 3.71. The topological polar surface area (TPSA) is 54.5 Å². The average Bonchev–Trinajstić information content (AvgIpc) is 2.72. The molecule has 0 spiro atoms. The van der Waals surface area contributed by atoms with Crippen molar-refractivity contribution < 1.29 is 4.79 Å². The van der Waals surface area contributed by atoms with Gasteiger partial charge >= 0.3 is 6.03 Å². The van der Waals surface area contributed by atoms with E-state index in [1.54, 1.807) is 4.68 Å². The van der Waals surface area contributed by atoms with Gasteiger partial charge in [0.15, 0.2) is 0 Å². The molecule has 1 fully saturated rings. The molecule has 0 atom stereocenters. The van der Waals surface area contributed by atoms with Crippen LogP contribution in [0.15, 0.2) is 24.5 Å². The Hall–Kier alpha value is -1.49. The Morgan fingerprint density at radius 2 is 1.73 bits per heavy atom. The average molecular weight is 208 g/mol. The normalized spacial score (nSPS) is 17.6. The number of carbonyl (C=O) groups is 1. The number of aromatic nitrogens is 1. The van der Waals surface area contributed by atoms with Crippen LogP contribution in [0.3, 0.4) is 0 Å². The predicted molar refractivity (Wildman–Crippen MR) is 57.7 cm³/mol. The summed E-state index contributed by atoms with van der Waals surface area (Å²) in [6, 6.07) is 3.31. The van der Waals surface area contributed by atoms with Crippen LogP contribution in [0.5, 0.6) is 0 Å². The van der Waals surface area contributed by atoms with Gasteiger partial charge in [-0.25, -0.2) is 9.47 Å². The maximum absolute atomic E-state index is 11.4. The van der Waals surface area contributed by atoms with Gasteiger partial charge in [0.1, 0.15) is 0 Å². The van der Waals surface area contributed by atoms with E-state index in [9.17, 15) is 4.79 Å². The van der Waals surface area contributed by atoms with Gasteiger partial charge in [0.25, 0.3) is 0 Å². The summed E-state index contributed by atoms with van der Waals surface area (Å²) in [6.07, 6.45) is 7.10. The lowest BCUT2D eigenvalue weighted by molar-refractivity contribution is 0.162. The van der Waals surface area contributed by atoms with E-state index in [0.29, 0.717) is 0 Å². The Kier molecular flexibility index (Phi) is 2.91. The Balaban J connectivity index is 2.15. The SMILES string of the molecule is NC(=O)N(N1CCCCC1)n1cccc1. The molecule has 0 aromatic carbocycles. The number of nitrogens with zero attached hydrogens (tertiary/aromatic N) is 3. The minimum Gasteiger partial charge on any atom is -0.349 e. The number of nitrogens with two attached hydrogens (primary N) is 1. The number of hydrogen-bond donors (Lipinski definition) is 1. The summed E-state index contributed by atoms with van der Waals surface area (Å²) in [7, 11) is 0. The van der Waals surface area contributed by atoms with Crippen molar-refractivity contribution in [1.82, 2.24) is 9.69 Å². The summed E-state index contributed by atoms with van der Waals surface area (Å²) in [6.45, 7) is 1.78. The molecule has 82 valence electrons. The third-order valence-corrected chi connectivity index (χ3v) is 2.60. The van der Waals surface area contributed by atoms with Gasteiger partial charge in [-0.1, -0.05) is 6.42 Å². The highest BCUT2D eigenvalue weighted by Crippen LogP contribution is 2.11. The minimum absolute atomic E-state index is 0.437. The summed E-state index contributed by atoms with van der Waals surface area (Å²) in [5.41, 5.74) is 5.38. The number of hydrazine groups is 1. The maximum Gasteiger partial charge on any atom is 0.349 e. The predicted octanol–water partition coefficient (Wildman–Crippen LogP) is 0.906. The first-order valence-corrected chi connectivity index (χ1v) is 5.27. The summed E-state index contributed by atoms with van der Waals surface area (Å²) < 4.78 is 1.72. The quantitative estimate of drug-likeness (QED) is 0.785. The lowest BCUT2D eigenvalue weighted by Crippen LogP contribution is -2.56. The van der Waals surface area contributed by atoms with E-state index in [1.807, 2.05) is 29.5 Å². The number of carbonyl (C=O) groups excluding carboxylic acids is 1. The number of primary amides is 1. The molecular weight excluding hydrogens is 192 g/mol. The van der Waals surface area contributed by atoms with Crippen LogP contribution in [0.2, 0.25) is 0 Å². The van der Waals surface area contributed by atoms with E-state index in [4.69, 9.17) is 5.73 Å². The second kappa shape index (κ2) is 4.35. The van der Waals surface area contributed by atoms with Gasteiger partial charge < -0.3 is 5.73 Å². The van der Waals surface area contributed by atoms with Crippen LogP contribution < -0.4 is 10.9 Å². The van der Waals surface area contributed by atoms with Crippen molar-refractivity contribution in [2.24, 2.45) is 5.73 Å². The molecule has 1 aliphatic rings. The third-order valence-electron chi connectivity index (χ3n) is 2.60. The van der Waals surface area contributed by atoms with Crippen LogP contribution in [-0.4, -0.2) is 28.8 Å². The number of amides is 2. The van der Waals surface area contributed by atoms with Crippen molar-refractivity contribution in [3.8, 4) is 0 Å². The molecule has 2 amide bonds. The number of hydrogen-bond acceptors (Lipinski definition) is 2. The highest BCUT2D eigenvalue weighted by Gasteiger charge is 2.22. The monoisotopic (exact) mass is 208 g/mol. The maximum atomic E-state index is 11.4. The van der Waals surface area contributed by atoms with Gasteiger partial charge in [-0.05, 0) is 25.0 Å². The van der Waals surface area contributed by atoms with Gasteiger partial charge in [-0.2, -0.15) is 10.1 Å². The zero-order valence-electron chi connectivity index (χ0n) is 8.67. The summed E-state index contributed by atoms with van der Waals surface area (Å²) >= 11 is 0. The van der Waals surface area contributed by atoms with Crippen LogP contribution in [0, 0.1) is 0 Å². The van der Waals surface area contributed by atoms with E-state index >= 15 is 0 Å². The Morgan fingerprint density at radius 1 is 1.13 bits per heavy atom. The molecule has 2 N–H and O–H groups in total. The van der Waals surface area contributed by atoms with Gasteiger partial charge in [0, 0.05) is 25.5 Å². The first-order chi connectivity index (χ1) is 7.29. The Labute approximate surface area is 89.0 Å². The zero-order chi connectivity index (χ0) is 10.7. The molecule has 15 heavy (non-hydrogen) atoms. The van der Waals surface area contributed by atoms with Gasteiger partial charge in [-0.15, -0.1) is 0 Å². The molecule has 0 radical (unpaired) electrons. The standard InChI is InChI=1S/C10H16N4O/c11-10(15)14(13-8-4-5-9-13)12-6-2-1-3-7-12/h4-5,8-9H,1-3,6-7H2,(H2,11,15). The van der Waals surface area contributed by atoms with Crippen molar-refractivity contribution in [2.45, 2.75) is 19.3 Å². The van der Waals surface area contributed by atoms with Gasteiger partial charge in [0.05, 0.1) is 0 Å². The molecular formula is C10H16N4O. The fourth-order valence-electron chi connectivity index (χ4n) is 1.92. The molecule has 1 aromatic rings. The molecule has 1 aromatic heterocycles. The minimum atomic E-state index is -0.437. The van der Waals surface area contributed by atoms with E-state index in [2.05, 4.69) is 0 Å². The Bertz CT molecular complexity index is 316. The Morgan fingerprint density at radius 3 is 2.27 bits per heavy atom. The van der Waals surface area contributed by atoms with E-state index < -0.39 is 6.03 Å². The molecule has 1 saturated heterocycles. The molecule has 0 bridgehead atoms. The first kappa shape index (κ1) is 10.0. The van der Waals surface area contributed by atoms with Crippen LogP contribution in [0.25, 0.3) is 0 Å². The lowest BCUT2D eigenvalue weighted by Gasteiger charge is -2.36. The second-order valence-corrected chi connectivity index (χ2v) is 3.71. The van der Waals surface area contributed by atoms with Crippen molar-refractivity contribution in [3.05, 3.63) is 24.5 Å². The van der Waals surface area contributed by atoms with Crippen molar-refractivity contribution in [3.63, 3.8) is 0 Å². The largest absolute Gasteiger partial charge is 0.349 e. The zero-order valence-corrected chi connectivity index (χ0v) is 8.67. The lowest BCUT2D eigenvalue weighted by atomic mass is 10.2. The molecule has 1 aliphatic heterocycles. The molecule has 2 heterocycles. The van der Waals surface area contributed by atoms with Gasteiger partial charge in [-0.3, -0.25) is 0 Å². The molecule has 5 nitrogen and oxygen atoms in total. The number of rotatable bonds is 2. The van der Waals surface area contributed by atoms with E-state index in [-0.39, 0.29) is 0 Å². The number of urea groups is 1. The smallest absolute Gasteiger partial charge is 0.349 e. The third kappa shape index (κ3) is 2.12. The van der Waals surface area contributed by atoms with Crippen molar-refractivity contribution in [1.29, 1.82) is 0 Å². The molecule has 5 heteroatoms. The van der Waals surface area contributed by atoms with Gasteiger partial charge in [0.2, 0.25) is 0 Å². The molecule has 0 unspecified atom stereocenters. The highest BCUT2D eigenvalue weighted by molar-refractivity contribution is 5.81. The molecule has 0 saturated carbocycles. The summed E-state index contributed by atoms with van der Waals surface area (Å²) in [4.78, 5) is 11.4. The van der Waals surface area contributed by atoms with Crippen LogP contribution in [-0.2, 0) is 0 Å². The van der Waals surface area contributed by atoms with Crippen LogP contribution in [0.1, 0.15) is 19.3 Å². The van der Waals surface area contributed by atoms with E-state index in [1.165, 1.54) is 11.5 Å². The van der Waals surface area contributed by atoms with Crippen LogP contribution >= 0.6 is 0 Å². The fraction of sp³-hybridized carbons (Fsp3) is 0.500. The molecule has 0 aliphatic carbocycles. The summed E-state index contributed by atoms with van der Waals surface area (Å²) in [5.74, 6) is 0. The number of piperidine rings is 1. The van der Waals surface area contributed by atoms with Crippen molar-refractivity contribution >= 4 is 6.03 Å².